The van der Waals surface area contributed by atoms with Crippen LogP contribution in [0.5, 0.6) is 0 Å². The summed E-state index contributed by atoms with van der Waals surface area (Å²) in [4.78, 5) is 0. The molecule has 0 aliphatic heterocycles. The summed E-state index contributed by atoms with van der Waals surface area (Å²) in [7, 11) is -2.03. The molecule has 1 aromatic heterocycles. The Kier molecular flexibility index (Phi) is 5.19. The molecule has 0 unspecified atom stereocenters. The molecule has 16 heavy (non-hydrogen) atoms. The summed E-state index contributed by atoms with van der Waals surface area (Å²) in [6, 6.07) is 0. The number of hydrogen-bond donors (Lipinski definition) is 0. The maximum absolute atomic E-state index is 10.7. The van der Waals surface area contributed by atoms with Crippen molar-refractivity contribution in [3.05, 3.63) is 16.2 Å². The predicted octanol–water partition coefficient (Wildman–Crippen LogP) is 0.506. The second-order valence-corrected chi connectivity index (χ2v) is 5.02. The quantitative estimate of drug-likeness (QED) is 0.289. The van der Waals surface area contributed by atoms with E-state index in [1.165, 1.54) is 3.83 Å². The van der Waals surface area contributed by atoms with E-state index in [4.69, 9.17) is 13.0 Å². The van der Waals surface area contributed by atoms with Gasteiger partial charge in [-0.15, -0.1) is 0 Å². The number of aromatic nitrogens is 2. The van der Waals surface area contributed by atoms with E-state index in [1.54, 1.807) is 0 Å². The molecule has 1 rings (SSSR count). The standard InChI is InChI=1S/C5H8IN2.CHF3O3S/c1-7-3-4-8(2)5(7)6;2-1(3,4)8(5,6)7/h3-4H,1-2H3;(H,5,6,7)/q+1;/p-1. The molecule has 0 atom stereocenters. The van der Waals surface area contributed by atoms with Gasteiger partial charge in [0.1, 0.15) is 12.4 Å². The molecule has 10 heteroatoms. The summed E-state index contributed by atoms with van der Waals surface area (Å²) in [6.07, 6.45) is 4.06. The predicted molar refractivity (Wildman–Crippen MR) is 55.1 cm³/mol. The zero-order valence-electron chi connectivity index (χ0n) is 8.19. The monoisotopic (exact) mass is 372 g/mol. The molecule has 0 saturated heterocycles. The lowest BCUT2D eigenvalue weighted by Crippen LogP contribution is -2.29. The minimum atomic E-state index is -6.09. The van der Waals surface area contributed by atoms with Crippen LogP contribution in [-0.4, -0.2) is 23.0 Å². The lowest BCUT2D eigenvalue weighted by Gasteiger charge is -2.08. The van der Waals surface area contributed by atoms with Gasteiger partial charge in [-0.1, -0.05) is 0 Å². The van der Waals surface area contributed by atoms with Crippen molar-refractivity contribution in [2.45, 2.75) is 5.51 Å². The fourth-order valence-electron chi connectivity index (χ4n) is 0.572. The molecule has 0 saturated carbocycles. The molecule has 0 bridgehead atoms. The van der Waals surface area contributed by atoms with Crippen molar-refractivity contribution >= 4 is 32.7 Å². The number of halogens is 4. The topological polar surface area (TPSA) is 66.0 Å². The van der Waals surface area contributed by atoms with Crippen LogP contribution in [0.25, 0.3) is 0 Å². The first kappa shape index (κ1) is 15.6. The van der Waals surface area contributed by atoms with Crippen LogP contribution in [0.3, 0.4) is 0 Å². The number of alkyl halides is 3. The van der Waals surface area contributed by atoms with E-state index in [2.05, 4.69) is 31.7 Å². The summed E-state index contributed by atoms with van der Waals surface area (Å²) in [5, 5.41) is 0. The van der Waals surface area contributed by atoms with E-state index < -0.39 is 15.6 Å². The van der Waals surface area contributed by atoms with Gasteiger partial charge in [-0.25, -0.2) is 17.6 Å². The normalized spacial score (nSPS) is 11.9. The fourth-order valence-corrected chi connectivity index (χ4v) is 0.893. The highest BCUT2D eigenvalue weighted by atomic mass is 127. The third-order valence-electron chi connectivity index (χ3n) is 1.38. The fraction of sp³-hybridized carbons (Fsp3) is 0.500. The van der Waals surface area contributed by atoms with Crippen LogP contribution in [0, 0.1) is 3.83 Å². The Balaban J connectivity index is 0.000000281. The van der Waals surface area contributed by atoms with Gasteiger partial charge in [0, 0.05) is 0 Å². The van der Waals surface area contributed by atoms with E-state index in [9.17, 15) is 13.2 Å². The molecule has 0 fully saturated rings. The van der Waals surface area contributed by atoms with Gasteiger partial charge in [-0.2, -0.15) is 13.2 Å². The Morgan fingerprint density at radius 3 is 1.94 bits per heavy atom. The van der Waals surface area contributed by atoms with Gasteiger partial charge in [-0.05, 0) is 0 Å². The van der Waals surface area contributed by atoms with Gasteiger partial charge < -0.3 is 4.55 Å². The summed E-state index contributed by atoms with van der Waals surface area (Å²) in [5.74, 6) is 0. The summed E-state index contributed by atoms with van der Waals surface area (Å²) in [6.45, 7) is 0. The lowest BCUT2D eigenvalue weighted by molar-refractivity contribution is -0.684. The molecule has 94 valence electrons. The number of nitrogens with zero attached hydrogens (tertiary/aromatic N) is 2. The van der Waals surface area contributed by atoms with Crippen LogP contribution >= 0.6 is 22.6 Å². The first-order chi connectivity index (χ1) is 6.97. The van der Waals surface area contributed by atoms with Crippen LogP contribution in [0.2, 0.25) is 0 Å². The molecule has 0 aromatic carbocycles. The first-order valence-electron chi connectivity index (χ1n) is 3.65. The zero-order chi connectivity index (χ0) is 13.1. The average molecular weight is 372 g/mol. The molecule has 0 spiro atoms. The molecule has 0 radical (unpaired) electrons. The second kappa shape index (κ2) is 5.31. The zero-order valence-corrected chi connectivity index (χ0v) is 11.2. The van der Waals surface area contributed by atoms with Crippen LogP contribution in [0.1, 0.15) is 0 Å². The molecule has 0 aliphatic rings. The maximum Gasteiger partial charge on any atom is 0.485 e. The minimum Gasteiger partial charge on any atom is -0.741 e. The van der Waals surface area contributed by atoms with Crippen LogP contribution in [0.4, 0.5) is 13.2 Å². The first-order valence-corrected chi connectivity index (χ1v) is 6.14. The number of hydrogen-bond acceptors (Lipinski definition) is 3. The van der Waals surface area contributed by atoms with Crippen molar-refractivity contribution in [1.82, 2.24) is 4.57 Å². The van der Waals surface area contributed by atoms with Crippen molar-refractivity contribution < 1.29 is 30.7 Å². The third-order valence-corrected chi connectivity index (χ3v) is 3.47. The van der Waals surface area contributed by atoms with Gasteiger partial charge in [-0.3, -0.25) is 0 Å². The Hall–Kier alpha value is -0.360. The van der Waals surface area contributed by atoms with E-state index in [1.807, 2.05) is 26.5 Å². The molecule has 0 aliphatic carbocycles. The van der Waals surface area contributed by atoms with Gasteiger partial charge in [0.25, 0.3) is 0 Å². The third kappa shape index (κ3) is 4.65. The molecule has 0 N–H and O–H groups in total. The van der Waals surface area contributed by atoms with Crippen molar-refractivity contribution in [2.75, 3.05) is 0 Å². The Bertz CT molecular complexity index is 435. The van der Waals surface area contributed by atoms with Crippen LogP contribution in [0.15, 0.2) is 12.4 Å². The highest BCUT2D eigenvalue weighted by molar-refractivity contribution is 14.1. The lowest BCUT2D eigenvalue weighted by atomic mass is 10.9. The summed E-state index contributed by atoms with van der Waals surface area (Å²) in [5.41, 5.74) is -5.65. The highest BCUT2D eigenvalue weighted by Gasteiger charge is 2.36. The van der Waals surface area contributed by atoms with Crippen molar-refractivity contribution in [2.24, 2.45) is 14.1 Å². The van der Waals surface area contributed by atoms with Crippen molar-refractivity contribution in [3.8, 4) is 0 Å². The van der Waals surface area contributed by atoms with Crippen molar-refractivity contribution in [1.29, 1.82) is 0 Å². The van der Waals surface area contributed by atoms with E-state index in [0.29, 0.717) is 0 Å². The van der Waals surface area contributed by atoms with E-state index >= 15 is 0 Å². The SMILES string of the molecule is Cn1cc[n+](C)c1I.O=S(=O)([O-])C(F)(F)F. The molecule has 1 aromatic rings. The van der Waals surface area contributed by atoms with E-state index in [-0.39, 0.29) is 0 Å². The van der Waals surface area contributed by atoms with Crippen LogP contribution in [-0.2, 0) is 24.2 Å². The Labute approximate surface area is 104 Å². The van der Waals surface area contributed by atoms with Gasteiger partial charge in [0.05, 0.1) is 36.7 Å². The number of rotatable bonds is 0. The van der Waals surface area contributed by atoms with Gasteiger partial charge in [0.15, 0.2) is 10.1 Å². The maximum atomic E-state index is 10.7. The molecule has 5 nitrogen and oxygen atoms in total. The smallest absolute Gasteiger partial charge is 0.485 e. The molecule has 1 heterocycles. The van der Waals surface area contributed by atoms with E-state index in [0.717, 1.165) is 0 Å². The number of aryl methyl sites for hydroxylation is 2. The van der Waals surface area contributed by atoms with Crippen molar-refractivity contribution in [3.63, 3.8) is 0 Å². The van der Waals surface area contributed by atoms with Crippen LogP contribution < -0.4 is 4.57 Å². The largest absolute Gasteiger partial charge is 0.741 e. The average Bonchev–Trinajstić information content (AvgIpc) is 2.34. The minimum absolute atomic E-state index is 1.24. The van der Waals surface area contributed by atoms with Gasteiger partial charge in [0.2, 0.25) is 0 Å². The summed E-state index contributed by atoms with van der Waals surface area (Å²) >= 11 is 2.29. The summed E-state index contributed by atoms with van der Waals surface area (Å²) < 4.78 is 64.3. The molecular weight excluding hydrogens is 364 g/mol. The number of imidazole rings is 1. The van der Waals surface area contributed by atoms with Gasteiger partial charge >= 0.3 is 9.34 Å². The molecular formula is C6H8F3IN2O3S. The molecule has 0 amide bonds. The Morgan fingerprint density at radius 2 is 1.88 bits per heavy atom. The highest BCUT2D eigenvalue weighted by Crippen LogP contribution is 2.20. The Morgan fingerprint density at radius 1 is 1.50 bits per heavy atom. The second-order valence-electron chi connectivity index (χ2n) is 2.69.